The largest absolute Gasteiger partial charge is 0.312 e. The van der Waals surface area contributed by atoms with Crippen LogP contribution in [-0.4, -0.2) is 6.54 Å². The lowest BCUT2D eigenvalue weighted by Crippen LogP contribution is -2.17. The molecule has 2 nitrogen and oxygen atoms in total. The number of halogens is 2. The maximum absolute atomic E-state index is 13.4. The molecule has 0 saturated carbocycles. The Hall–Kier alpha value is -2.25. The number of benzene rings is 2. The van der Waals surface area contributed by atoms with E-state index in [2.05, 4.69) is 5.32 Å². The van der Waals surface area contributed by atoms with Gasteiger partial charge >= 0.3 is 0 Å². The zero-order valence-corrected chi connectivity index (χ0v) is 10.9. The van der Waals surface area contributed by atoms with E-state index in [9.17, 15) is 8.78 Å². The Morgan fingerprint density at radius 3 is 2.65 bits per heavy atom. The van der Waals surface area contributed by atoms with Crippen LogP contribution in [0.2, 0.25) is 0 Å². The minimum absolute atomic E-state index is 0.216. The Labute approximate surface area is 116 Å². The fraction of sp³-hybridized carbons (Fsp3) is 0.188. The zero-order valence-electron chi connectivity index (χ0n) is 10.9. The van der Waals surface area contributed by atoms with E-state index in [0.717, 1.165) is 0 Å². The van der Waals surface area contributed by atoms with Crippen molar-refractivity contribution in [3.8, 4) is 6.07 Å². The normalized spacial score (nSPS) is 10.2. The lowest BCUT2D eigenvalue weighted by molar-refractivity contribution is 0.596. The monoisotopic (exact) mass is 272 g/mol. The first-order valence-electron chi connectivity index (χ1n) is 6.33. The fourth-order valence-electron chi connectivity index (χ4n) is 1.97. The quantitative estimate of drug-likeness (QED) is 0.849. The lowest BCUT2D eigenvalue weighted by Gasteiger charge is -2.06. The summed E-state index contributed by atoms with van der Waals surface area (Å²) in [4.78, 5) is 0. The fourth-order valence-corrected chi connectivity index (χ4v) is 1.97. The smallest absolute Gasteiger partial charge is 0.126 e. The van der Waals surface area contributed by atoms with Gasteiger partial charge in [0.1, 0.15) is 11.6 Å². The van der Waals surface area contributed by atoms with Crippen LogP contribution in [0.3, 0.4) is 0 Å². The van der Waals surface area contributed by atoms with Gasteiger partial charge < -0.3 is 5.32 Å². The highest BCUT2D eigenvalue weighted by Crippen LogP contribution is 2.09. The molecule has 0 amide bonds. The standard InChI is InChI=1S/C16H14F2N2/c17-15-8-12(10-19)7-13(9-15)11-20-6-5-14-3-1-2-4-16(14)18/h1-4,7-9,20H,5-6,11H2. The van der Waals surface area contributed by atoms with Crippen LogP contribution < -0.4 is 5.32 Å². The van der Waals surface area contributed by atoms with Gasteiger partial charge in [-0.3, -0.25) is 0 Å². The maximum atomic E-state index is 13.4. The molecule has 20 heavy (non-hydrogen) atoms. The summed E-state index contributed by atoms with van der Waals surface area (Å²) in [6.45, 7) is 1.03. The predicted molar refractivity (Wildman–Crippen MR) is 72.9 cm³/mol. The Bertz CT molecular complexity index is 633. The van der Waals surface area contributed by atoms with Crippen molar-refractivity contribution in [2.45, 2.75) is 13.0 Å². The number of rotatable bonds is 5. The molecule has 2 aromatic rings. The number of nitrogens with one attached hydrogen (secondary N) is 1. The Morgan fingerprint density at radius 1 is 1.10 bits per heavy atom. The molecule has 0 aliphatic carbocycles. The van der Waals surface area contributed by atoms with Crippen molar-refractivity contribution in [1.82, 2.24) is 5.32 Å². The summed E-state index contributed by atoms with van der Waals surface area (Å²) in [5.41, 5.74) is 1.66. The van der Waals surface area contributed by atoms with E-state index < -0.39 is 5.82 Å². The molecular formula is C16H14F2N2. The Morgan fingerprint density at radius 2 is 1.90 bits per heavy atom. The van der Waals surface area contributed by atoms with Crippen molar-refractivity contribution >= 4 is 0 Å². The maximum Gasteiger partial charge on any atom is 0.126 e. The molecular weight excluding hydrogens is 258 g/mol. The van der Waals surface area contributed by atoms with Gasteiger partial charge in [-0.05, 0) is 48.4 Å². The van der Waals surface area contributed by atoms with Crippen molar-refractivity contribution in [1.29, 1.82) is 5.26 Å². The van der Waals surface area contributed by atoms with E-state index in [1.165, 1.54) is 18.2 Å². The highest BCUT2D eigenvalue weighted by atomic mass is 19.1. The molecule has 0 spiro atoms. The molecule has 0 aromatic heterocycles. The molecule has 0 saturated heterocycles. The first-order chi connectivity index (χ1) is 9.69. The topological polar surface area (TPSA) is 35.8 Å². The van der Waals surface area contributed by atoms with E-state index in [1.807, 2.05) is 6.07 Å². The van der Waals surface area contributed by atoms with Crippen LogP contribution >= 0.6 is 0 Å². The third-order valence-electron chi connectivity index (χ3n) is 2.94. The predicted octanol–water partition coefficient (Wildman–Crippen LogP) is 3.17. The molecule has 2 aromatic carbocycles. The molecule has 0 fully saturated rings. The summed E-state index contributed by atoms with van der Waals surface area (Å²) < 4.78 is 26.6. The van der Waals surface area contributed by atoms with Gasteiger partial charge in [0, 0.05) is 6.54 Å². The summed E-state index contributed by atoms with van der Waals surface area (Å²) in [6.07, 6.45) is 0.563. The van der Waals surface area contributed by atoms with Crippen LogP contribution in [0, 0.1) is 23.0 Å². The van der Waals surface area contributed by atoms with Crippen LogP contribution in [0.15, 0.2) is 42.5 Å². The first-order valence-corrected chi connectivity index (χ1v) is 6.33. The van der Waals surface area contributed by atoms with Crippen LogP contribution in [0.4, 0.5) is 8.78 Å². The van der Waals surface area contributed by atoms with E-state index in [-0.39, 0.29) is 5.82 Å². The van der Waals surface area contributed by atoms with E-state index in [4.69, 9.17) is 5.26 Å². The van der Waals surface area contributed by atoms with E-state index in [0.29, 0.717) is 36.2 Å². The summed E-state index contributed by atoms with van der Waals surface area (Å²) in [6, 6.07) is 12.8. The summed E-state index contributed by atoms with van der Waals surface area (Å²) in [5, 5.41) is 11.9. The molecule has 102 valence electrons. The van der Waals surface area contributed by atoms with Crippen molar-refractivity contribution in [2.24, 2.45) is 0 Å². The van der Waals surface area contributed by atoms with Crippen molar-refractivity contribution in [3.63, 3.8) is 0 Å². The van der Waals surface area contributed by atoms with Crippen molar-refractivity contribution in [2.75, 3.05) is 6.54 Å². The summed E-state index contributed by atoms with van der Waals surface area (Å²) in [5.74, 6) is -0.637. The number of hydrogen-bond donors (Lipinski definition) is 1. The second-order valence-electron chi connectivity index (χ2n) is 4.48. The third kappa shape index (κ3) is 3.87. The molecule has 1 N–H and O–H groups in total. The van der Waals surface area contributed by atoms with Gasteiger partial charge in [0.25, 0.3) is 0 Å². The zero-order chi connectivity index (χ0) is 14.4. The first kappa shape index (κ1) is 14.2. The van der Waals surface area contributed by atoms with Gasteiger partial charge in [-0.2, -0.15) is 5.26 Å². The molecule has 0 atom stereocenters. The van der Waals surface area contributed by atoms with Gasteiger partial charge in [-0.15, -0.1) is 0 Å². The van der Waals surface area contributed by atoms with Crippen LogP contribution in [-0.2, 0) is 13.0 Å². The molecule has 0 bridgehead atoms. The molecule has 0 radical (unpaired) electrons. The molecule has 4 heteroatoms. The number of nitriles is 1. The average Bonchev–Trinajstić information content (AvgIpc) is 2.44. The second-order valence-corrected chi connectivity index (χ2v) is 4.48. The molecule has 0 heterocycles. The summed E-state index contributed by atoms with van der Waals surface area (Å²) >= 11 is 0. The van der Waals surface area contributed by atoms with Gasteiger partial charge in [0.15, 0.2) is 0 Å². The minimum Gasteiger partial charge on any atom is -0.312 e. The Balaban J connectivity index is 1.86. The Kier molecular flexibility index (Phi) is 4.80. The van der Waals surface area contributed by atoms with Crippen LogP contribution in [0.5, 0.6) is 0 Å². The van der Waals surface area contributed by atoms with Gasteiger partial charge in [0.2, 0.25) is 0 Å². The molecule has 2 rings (SSSR count). The average molecular weight is 272 g/mol. The van der Waals surface area contributed by atoms with Gasteiger partial charge in [0.05, 0.1) is 11.6 Å². The van der Waals surface area contributed by atoms with E-state index in [1.54, 1.807) is 24.3 Å². The van der Waals surface area contributed by atoms with Gasteiger partial charge in [-0.1, -0.05) is 18.2 Å². The summed E-state index contributed by atoms with van der Waals surface area (Å²) in [7, 11) is 0. The van der Waals surface area contributed by atoms with Crippen molar-refractivity contribution in [3.05, 3.63) is 70.8 Å². The second kappa shape index (κ2) is 6.78. The third-order valence-corrected chi connectivity index (χ3v) is 2.94. The molecule has 0 unspecified atom stereocenters. The highest BCUT2D eigenvalue weighted by molar-refractivity contribution is 5.33. The van der Waals surface area contributed by atoms with Crippen LogP contribution in [0.25, 0.3) is 0 Å². The molecule has 0 aliphatic heterocycles. The highest BCUT2D eigenvalue weighted by Gasteiger charge is 2.02. The van der Waals surface area contributed by atoms with E-state index >= 15 is 0 Å². The SMILES string of the molecule is N#Cc1cc(F)cc(CNCCc2ccccc2F)c1. The van der Waals surface area contributed by atoms with Crippen LogP contribution in [0.1, 0.15) is 16.7 Å². The van der Waals surface area contributed by atoms with Gasteiger partial charge in [-0.25, -0.2) is 8.78 Å². The number of hydrogen-bond acceptors (Lipinski definition) is 2. The molecule has 0 aliphatic rings. The minimum atomic E-state index is -0.421. The lowest BCUT2D eigenvalue weighted by atomic mass is 10.1. The van der Waals surface area contributed by atoms with Crippen molar-refractivity contribution < 1.29 is 8.78 Å². The number of nitrogens with zero attached hydrogens (tertiary/aromatic N) is 1.